The van der Waals surface area contributed by atoms with Crippen molar-refractivity contribution in [3.05, 3.63) is 89.7 Å². The Morgan fingerprint density at radius 1 is 1.11 bits per heavy atom. The summed E-state index contributed by atoms with van der Waals surface area (Å²) in [6.07, 6.45) is 1.74. The van der Waals surface area contributed by atoms with Crippen molar-refractivity contribution in [3.63, 3.8) is 0 Å². The number of aryl methyl sites for hydroxylation is 1. The van der Waals surface area contributed by atoms with Crippen molar-refractivity contribution in [2.45, 2.75) is 38.5 Å². The van der Waals surface area contributed by atoms with Gasteiger partial charge in [0.15, 0.2) is 0 Å². The Morgan fingerprint density at radius 2 is 1.86 bits per heavy atom. The molecule has 3 aromatic carbocycles. The molecule has 2 amide bonds. The number of ether oxygens (including phenoxy) is 1. The van der Waals surface area contributed by atoms with Crippen LogP contribution in [0.15, 0.2) is 72.8 Å². The summed E-state index contributed by atoms with van der Waals surface area (Å²) in [5, 5.41) is 11.3. The molecule has 2 heterocycles. The molecule has 1 aromatic heterocycles. The van der Waals surface area contributed by atoms with Gasteiger partial charge in [0.1, 0.15) is 23.9 Å². The third kappa shape index (κ3) is 5.51. The van der Waals surface area contributed by atoms with Crippen LogP contribution in [-0.2, 0) is 20.9 Å². The summed E-state index contributed by atoms with van der Waals surface area (Å²) in [5.41, 5.74) is 3.42. The normalized spacial score (nSPS) is 16.0. The highest BCUT2D eigenvalue weighted by molar-refractivity contribution is 6.01. The summed E-state index contributed by atoms with van der Waals surface area (Å²) in [7, 11) is 0. The number of rotatable bonds is 8. The summed E-state index contributed by atoms with van der Waals surface area (Å²) in [4.78, 5) is 29.1. The summed E-state index contributed by atoms with van der Waals surface area (Å²) in [6.45, 7) is 2.82. The topological polar surface area (TPSA) is 89.4 Å². The lowest BCUT2D eigenvalue weighted by Crippen LogP contribution is -2.46. The second-order valence-corrected chi connectivity index (χ2v) is 9.17. The Hall–Kier alpha value is -4.11. The zero-order valence-corrected chi connectivity index (χ0v) is 20.5. The van der Waals surface area contributed by atoms with Gasteiger partial charge in [-0.05, 0) is 61.7 Å². The predicted molar refractivity (Wildman–Crippen MR) is 137 cm³/mol. The molecule has 0 spiro atoms. The Kier molecular flexibility index (Phi) is 7.23. The van der Waals surface area contributed by atoms with Crippen molar-refractivity contribution in [2.24, 2.45) is 0 Å². The zero-order valence-electron chi connectivity index (χ0n) is 20.5. The van der Waals surface area contributed by atoms with E-state index in [9.17, 15) is 14.0 Å². The largest absolute Gasteiger partial charge is 0.376 e. The summed E-state index contributed by atoms with van der Waals surface area (Å²) in [5.74, 6) is -1.16. The average molecular weight is 502 g/mol. The lowest BCUT2D eigenvalue weighted by molar-refractivity contribution is -0.127. The number of halogens is 1. The van der Waals surface area contributed by atoms with Gasteiger partial charge in [0.2, 0.25) is 11.8 Å². The number of fused-ring (bicyclic) bond motifs is 1. The maximum absolute atomic E-state index is 13.9. The monoisotopic (exact) mass is 501 g/mol. The van der Waals surface area contributed by atoms with Crippen LogP contribution in [0, 0.1) is 12.7 Å². The van der Waals surface area contributed by atoms with Crippen molar-refractivity contribution in [1.29, 1.82) is 0 Å². The molecule has 1 N–H and O–H groups in total. The standard InChI is InChI=1S/C28H28FN5O3/c1-19-8-14-22(15-9-19)34(26(35)18-33-25-7-3-2-6-24(25)31-32-33)27(20-10-12-21(29)13-11-20)28(36)30-17-23-5-4-16-37-23/h2-3,6-15,23,27H,4-5,16-18H2,1H3,(H,30,36)/t23-,27-/m0/s1. The summed E-state index contributed by atoms with van der Waals surface area (Å²) >= 11 is 0. The molecule has 4 aromatic rings. The lowest BCUT2D eigenvalue weighted by Gasteiger charge is -2.32. The third-order valence-electron chi connectivity index (χ3n) is 6.51. The van der Waals surface area contributed by atoms with Gasteiger partial charge in [0, 0.05) is 18.8 Å². The fourth-order valence-corrected chi connectivity index (χ4v) is 4.56. The molecule has 8 nitrogen and oxygen atoms in total. The van der Waals surface area contributed by atoms with Gasteiger partial charge in [-0.2, -0.15) is 0 Å². The molecule has 2 atom stereocenters. The molecule has 1 aliphatic heterocycles. The first kappa shape index (κ1) is 24.6. The highest BCUT2D eigenvalue weighted by Crippen LogP contribution is 2.29. The second kappa shape index (κ2) is 10.9. The Morgan fingerprint density at radius 3 is 2.59 bits per heavy atom. The van der Waals surface area contributed by atoms with Gasteiger partial charge < -0.3 is 10.1 Å². The molecule has 1 saturated heterocycles. The van der Waals surface area contributed by atoms with Crippen LogP contribution < -0.4 is 10.2 Å². The fourth-order valence-electron chi connectivity index (χ4n) is 4.56. The highest BCUT2D eigenvalue weighted by atomic mass is 19.1. The minimum absolute atomic E-state index is 0.0668. The average Bonchev–Trinajstić information content (AvgIpc) is 3.58. The van der Waals surface area contributed by atoms with E-state index in [1.54, 1.807) is 12.1 Å². The van der Waals surface area contributed by atoms with E-state index in [0.717, 1.165) is 18.4 Å². The number of amides is 2. The van der Waals surface area contributed by atoms with E-state index in [0.29, 0.717) is 35.4 Å². The summed E-state index contributed by atoms with van der Waals surface area (Å²) < 4.78 is 21.0. The third-order valence-corrected chi connectivity index (χ3v) is 6.51. The van der Waals surface area contributed by atoms with Crippen molar-refractivity contribution in [3.8, 4) is 0 Å². The van der Waals surface area contributed by atoms with Crippen molar-refractivity contribution < 1.29 is 18.7 Å². The van der Waals surface area contributed by atoms with Crippen LogP contribution in [0.3, 0.4) is 0 Å². The number of hydrogen-bond acceptors (Lipinski definition) is 5. The number of hydrogen-bond donors (Lipinski definition) is 1. The SMILES string of the molecule is Cc1ccc(N(C(=O)Cn2nnc3ccccc32)[C@H](C(=O)NC[C@@H]2CCCO2)c2ccc(F)cc2)cc1. The maximum atomic E-state index is 13.9. The zero-order chi connectivity index (χ0) is 25.8. The van der Waals surface area contributed by atoms with Gasteiger partial charge in [-0.25, -0.2) is 9.07 Å². The molecule has 0 aliphatic carbocycles. The molecular weight excluding hydrogens is 473 g/mol. The van der Waals surface area contributed by atoms with Gasteiger partial charge in [-0.15, -0.1) is 5.10 Å². The molecular formula is C28H28FN5O3. The van der Waals surface area contributed by atoms with E-state index >= 15 is 0 Å². The minimum atomic E-state index is -1.04. The van der Waals surface area contributed by atoms with Crippen LogP contribution >= 0.6 is 0 Å². The van der Waals surface area contributed by atoms with Crippen LogP contribution in [-0.4, -0.2) is 46.1 Å². The number of nitrogens with one attached hydrogen (secondary N) is 1. The Bertz CT molecular complexity index is 1380. The fraction of sp³-hybridized carbons (Fsp3) is 0.286. The van der Waals surface area contributed by atoms with Gasteiger partial charge in [0.25, 0.3) is 0 Å². The number of benzene rings is 3. The van der Waals surface area contributed by atoms with E-state index in [2.05, 4.69) is 15.6 Å². The number of carbonyl (C=O) groups is 2. The van der Waals surface area contributed by atoms with Crippen LogP contribution in [0.2, 0.25) is 0 Å². The van der Waals surface area contributed by atoms with Crippen molar-refractivity contribution in [1.82, 2.24) is 20.3 Å². The van der Waals surface area contributed by atoms with E-state index in [1.807, 2.05) is 43.3 Å². The highest BCUT2D eigenvalue weighted by Gasteiger charge is 2.34. The molecule has 9 heteroatoms. The van der Waals surface area contributed by atoms with E-state index < -0.39 is 11.9 Å². The Balaban J connectivity index is 1.52. The molecule has 0 saturated carbocycles. The summed E-state index contributed by atoms with van der Waals surface area (Å²) in [6, 6.07) is 19.3. The molecule has 37 heavy (non-hydrogen) atoms. The van der Waals surface area contributed by atoms with Crippen LogP contribution in [0.1, 0.15) is 30.0 Å². The van der Waals surface area contributed by atoms with Gasteiger partial charge in [-0.3, -0.25) is 14.5 Å². The van der Waals surface area contributed by atoms with Crippen molar-refractivity contribution in [2.75, 3.05) is 18.1 Å². The van der Waals surface area contributed by atoms with E-state index in [1.165, 1.54) is 33.8 Å². The maximum Gasteiger partial charge on any atom is 0.249 e. The first-order valence-electron chi connectivity index (χ1n) is 12.3. The first-order valence-corrected chi connectivity index (χ1v) is 12.3. The second-order valence-electron chi connectivity index (χ2n) is 9.17. The number of anilines is 1. The van der Waals surface area contributed by atoms with E-state index in [-0.39, 0.29) is 24.5 Å². The number of nitrogens with zero attached hydrogens (tertiary/aromatic N) is 4. The van der Waals surface area contributed by atoms with Crippen molar-refractivity contribution >= 4 is 28.5 Å². The number of carbonyl (C=O) groups excluding carboxylic acids is 2. The number of para-hydroxylation sites is 1. The quantitative estimate of drug-likeness (QED) is 0.395. The molecule has 1 fully saturated rings. The molecule has 0 bridgehead atoms. The van der Waals surface area contributed by atoms with Gasteiger partial charge >= 0.3 is 0 Å². The van der Waals surface area contributed by atoms with Crippen LogP contribution in [0.25, 0.3) is 11.0 Å². The molecule has 0 radical (unpaired) electrons. The first-order chi connectivity index (χ1) is 18.0. The molecule has 5 rings (SSSR count). The van der Waals surface area contributed by atoms with E-state index in [4.69, 9.17) is 4.74 Å². The molecule has 0 unspecified atom stereocenters. The predicted octanol–water partition coefficient (Wildman–Crippen LogP) is 3.95. The Labute approximate surface area is 214 Å². The molecule has 190 valence electrons. The molecule has 1 aliphatic rings. The van der Waals surface area contributed by atoms with Gasteiger partial charge in [0.05, 0.1) is 11.6 Å². The lowest BCUT2D eigenvalue weighted by atomic mass is 10.0. The van der Waals surface area contributed by atoms with Gasteiger partial charge in [-0.1, -0.05) is 47.2 Å². The minimum Gasteiger partial charge on any atom is -0.376 e. The van der Waals surface area contributed by atoms with Crippen LogP contribution in [0.5, 0.6) is 0 Å². The smallest absolute Gasteiger partial charge is 0.249 e. The van der Waals surface area contributed by atoms with Crippen LogP contribution in [0.4, 0.5) is 10.1 Å². The number of aromatic nitrogens is 3.